The molecule has 0 unspecified atom stereocenters. The largest absolute Gasteiger partial charge is 0.302 e. The molecule has 2 aromatic rings. The third-order valence-corrected chi connectivity index (χ3v) is 7.34. The molecule has 0 bridgehead atoms. The van der Waals surface area contributed by atoms with Gasteiger partial charge in [-0.15, -0.1) is 0 Å². The van der Waals surface area contributed by atoms with E-state index in [0.29, 0.717) is 10.6 Å². The molecule has 5 nitrogen and oxygen atoms in total. The first-order valence-corrected chi connectivity index (χ1v) is 10.1. The summed E-state index contributed by atoms with van der Waals surface area (Å²) >= 11 is 1.29. The van der Waals surface area contributed by atoms with Gasteiger partial charge in [0.25, 0.3) is 0 Å². The lowest BCUT2D eigenvalue weighted by Gasteiger charge is -2.03. The van der Waals surface area contributed by atoms with Crippen LogP contribution in [0.15, 0.2) is 23.1 Å². The fraction of sp³-hybridized carbons (Fsp3) is 0.500. The second kappa shape index (κ2) is 4.77. The Morgan fingerprint density at radius 2 is 1.83 bits per heavy atom. The van der Waals surface area contributed by atoms with Crippen molar-refractivity contribution in [3.63, 3.8) is 0 Å². The minimum absolute atomic E-state index is 0.0256. The molecule has 7 heteroatoms. The van der Waals surface area contributed by atoms with Gasteiger partial charge in [0.2, 0.25) is 5.91 Å². The Morgan fingerprint density at radius 3 is 2.35 bits per heavy atom. The predicted molar refractivity (Wildman–Crippen MR) is 92.4 cm³/mol. The molecule has 124 valence electrons. The summed E-state index contributed by atoms with van der Waals surface area (Å²) in [5, 5.41) is 3.39. The number of hydrogen-bond acceptors (Lipinski definition) is 5. The monoisotopic (exact) mass is 352 g/mol. The van der Waals surface area contributed by atoms with Crippen molar-refractivity contribution in [2.75, 3.05) is 11.6 Å². The number of carbonyl (C=O) groups is 1. The maximum Gasteiger partial charge on any atom is 0.230 e. The van der Waals surface area contributed by atoms with E-state index in [4.69, 9.17) is 0 Å². The van der Waals surface area contributed by atoms with Gasteiger partial charge in [-0.2, -0.15) is 0 Å². The number of hydrogen-bond donors (Lipinski definition) is 1. The highest BCUT2D eigenvalue weighted by molar-refractivity contribution is 7.90. The summed E-state index contributed by atoms with van der Waals surface area (Å²) in [6.45, 7) is 8.37. The number of nitrogens with one attached hydrogen (secondary N) is 1. The van der Waals surface area contributed by atoms with Crippen molar-refractivity contribution in [1.82, 2.24) is 4.98 Å². The van der Waals surface area contributed by atoms with Crippen molar-refractivity contribution in [3.05, 3.63) is 18.2 Å². The molecule has 0 spiro atoms. The lowest BCUT2D eigenvalue weighted by Crippen LogP contribution is -2.17. The molecule has 1 heterocycles. The van der Waals surface area contributed by atoms with Gasteiger partial charge < -0.3 is 5.32 Å². The van der Waals surface area contributed by atoms with E-state index in [1.165, 1.54) is 23.7 Å². The first kappa shape index (κ1) is 16.4. The highest BCUT2D eigenvalue weighted by Gasteiger charge is 2.68. The molecule has 0 atom stereocenters. The van der Waals surface area contributed by atoms with Crippen molar-refractivity contribution < 1.29 is 13.2 Å². The molecule has 1 saturated carbocycles. The molecule has 0 radical (unpaired) electrons. The van der Waals surface area contributed by atoms with Gasteiger partial charge >= 0.3 is 0 Å². The highest BCUT2D eigenvalue weighted by Crippen LogP contribution is 2.68. The van der Waals surface area contributed by atoms with Crippen molar-refractivity contribution >= 4 is 42.4 Å². The average molecular weight is 352 g/mol. The summed E-state index contributed by atoms with van der Waals surface area (Å²) in [5.74, 6) is -0.0732. The maximum atomic E-state index is 12.5. The summed E-state index contributed by atoms with van der Waals surface area (Å²) < 4.78 is 24.0. The van der Waals surface area contributed by atoms with Crippen LogP contribution in [-0.4, -0.2) is 25.6 Å². The first-order valence-electron chi connectivity index (χ1n) is 7.36. The zero-order valence-corrected chi connectivity index (χ0v) is 15.4. The minimum atomic E-state index is -3.25. The van der Waals surface area contributed by atoms with Crippen LogP contribution in [0, 0.1) is 16.7 Å². The minimum Gasteiger partial charge on any atom is -0.302 e. The van der Waals surface area contributed by atoms with Crippen LogP contribution >= 0.6 is 11.3 Å². The van der Waals surface area contributed by atoms with Crippen molar-refractivity contribution in [2.45, 2.75) is 32.6 Å². The molecule has 1 aliphatic rings. The van der Waals surface area contributed by atoms with E-state index in [2.05, 4.69) is 38.0 Å². The van der Waals surface area contributed by atoms with E-state index in [0.717, 1.165) is 4.70 Å². The number of amides is 1. The number of carbonyl (C=O) groups excluding carboxylic acids is 1. The number of nitrogens with zero attached hydrogens (tertiary/aromatic N) is 1. The third kappa shape index (κ3) is 2.55. The Labute approximate surface area is 140 Å². The van der Waals surface area contributed by atoms with Crippen LogP contribution in [0.4, 0.5) is 5.13 Å². The van der Waals surface area contributed by atoms with Crippen molar-refractivity contribution in [1.29, 1.82) is 0 Å². The Bertz CT molecular complexity index is 897. The standard InChI is InChI=1S/C16H20N2O3S2/c1-15(2)12(16(15,3)4)13(19)18-14-17-10-7-6-9(23(5,20)21)8-11(10)22-14/h6-8,12H,1-5H3,(H,17,18,19). The van der Waals surface area contributed by atoms with Gasteiger partial charge in [0.1, 0.15) is 0 Å². The number of sulfone groups is 1. The van der Waals surface area contributed by atoms with Crippen LogP contribution in [0.1, 0.15) is 27.7 Å². The summed E-state index contributed by atoms with van der Waals surface area (Å²) in [4.78, 5) is 17.1. The number of thiazole rings is 1. The van der Waals surface area contributed by atoms with Gasteiger partial charge in [-0.25, -0.2) is 13.4 Å². The molecule has 3 rings (SSSR count). The smallest absolute Gasteiger partial charge is 0.230 e. The number of aromatic nitrogens is 1. The van der Waals surface area contributed by atoms with Crippen LogP contribution in [-0.2, 0) is 14.6 Å². The highest BCUT2D eigenvalue weighted by atomic mass is 32.2. The molecule has 1 amide bonds. The van der Waals surface area contributed by atoms with Crippen LogP contribution in [0.3, 0.4) is 0 Å². The molecule has 23 heavy (non-hydrogen) atoms. The summed E-state index contributed by atoms with van der Waals surface area (Å²) in [7, 11) is -3.25. The lowest BCUT2D eigenvalue weighted by atomic mass is 10.0. The number of anilines is 1. The van der Waals surface area contributed by atoms with E-state index in [1.54, 1.807) is 12.1 Å². The first-order chi connectivity index (χ1) is 10.4. The molecular weight excluding hydrogens is 332 g/mol. The van der Waals surface area contributed by atoms with Crippen LogP contribution in [0.25, 0.3) is 10.2 Å². The number of rotatable bonds is 3. The van der Waals surface area contributed by atoms with E-state index >= 15 is 0 Å². The fourth-order valence-electron chi connectivity index (χ4n) is 3.22. The third-order valence-electron chi connectivity index (χ3n) is 5.30. The second-order valence-electron chi connectivity index (χ2n) is 7.29. The Balaban J connectivity index is 1.86. The topological polar surface area (TPSA) is 76.1 Å². The molecular formula is C16H20N2O3S2. The number of fused-ring (bicyclic) bond motifs is 1. The van der Waals surface area contributed by atoms with Crippen LogP contribution < -0.4 is 5.32 Å². The van der Waals surface area contributed by atoms with Crippen molar-refractivity contribution in [2.24, 2.45) is 16.7 Å². The maximum absolute atomic E-state index is 12.5. The predicted octanol–water partition coefficient (Wildman–Crippen LogP) is 3.32. The molecule has 1 fully saturated rings. The average Bonchev–Trinajstić information content (AvgIpc) is 2.70. The number of benzene rings is 1. The molecule has 0 aliphatic heterocycles. The summed E-state index contributed by atoms with van der Waals surface area (Å²) in [6, 6.07) is 4.81. The van der Waals surface area contributed by atoms with Gasteiger partial charge in [0.05, 0.1) is 15.1 Å². The molecule has 1 aromatic heterocycles. The molecule has 0 saturated heterocycles. The zero-order valence-electron chi connectivity index (χ0n) is 13.8. The normalized spacial score (nSPS) is 19.7. The summed E-state index contributed by atoms with van der Waals surface area (Å²) in [6.07, 6.45) is 1.18. The van der Waals surface area contributed by atoms with Crippen LogP contribution in [0.5, 0.6) is 0 Å². The lowest BCUT2D eigenvalue weighted by molar-refractivity contribution is -0.118. The quantitative estimate of drug-likeness (QED) is 0.919. The van der Waals surface area contributed by atoms with E-state index in [-0.39, 0.29) is 27.6 Å². The van der Waals surface area contributed by atoms with Gasteiger partial charge in [-0.05, 0) is 29.0 Å². The molecule has 1 aromatic carbocycles. The second-order valence-corrected chi connectivity index (χ2v) is 10.3. The van der Waals surface area contributed by atoms with Crippen molar-refractivity contribution in [3.8, 4) is 0 Å². The van der Waals surface area contributed by atoms with Gasteiger partial charge in [-0.3, -0.25) is 4.79 Å². The van der Waals surface area contributed by atoms with Gasteiger partial charge in [0, 0.05) is 12.2 Å². The molecule has 1 aliphatic carbocycles. The molecule has 1 N–H and O–H groups in total. The fourth-order valence-corrected chi connectivity index (χ4v) is 4.85. The summed E-state index contributed by atoms with van der Waals surface area (Å²) in [5.41, 5.74) is 0.626. The van der Waals surface area contributed by atoms with Gasteiger partial charge in [-0.1, -0.05) is 39.0 Å². The zero-order chi connectivity index (χ0) is 17.2. The Hall–Kier alpha value is -1.47. The van der Waals surface area contributed by atoms with E-state index in [1.807, 2.05) is 0 Å². The Morgan fingerprint density at radius 1 is 1.22 bits per heavy atom. The SMILES string of the molecule is CC1(C)C(C(=O)Nc2nc3ccc(S(C)(=O)=O)cc3s2)C1(C)C. The van der Waals surface area contributed by atoms with E-state index in [9.17, 15) is 13.2 Å². The van der Waals surface area contributed by atoms with E-state index < -0.39 is 9.84 Å². The Kier molecular flexibility index (Phi) is 3.40. The van der Waals surface area contributed by atoms with Crippen LogP contribution in [0.2, 0.25) is 0 Å². The van der Waals surface area contributed by atoms with Gasteiger partial charge in [0.15, 0.2) is 15.0 Å².